The highest BCUT2D eigenvalue weighted by atomic mass is 32.2. The summed E-state index contributed by atoms with van der Waals surface area (Å²) in [6.45, 7) is 7.29. The topological polar surface area (TPSA) is 107 Å². The molecule has 1 amide bonds. The van der Waals surface area contributed by atoms with Crippen LogP contribution in [0.25, 0.3) is 10.9 Å². The van der Waals surface area contributed by atoms with Gasteiger partial charge >= 0.3 is 12.1 Å². The highest BCUT2D eigenvalue weighted by molar-refractivity contribution is 7.99. The van der Waals surface area contributed by atoms with Crippen LogP contribution in [0.1, 0.15) is 36.7 Å². The Hall–Kier alpha value is -2.52. The Kier molecular flexibility index (Phi) is 6.72. The molecule has 8 nitrogen and oxygen atoms in total. The number of hydrogen-bond donors (Lipinski definition) is 2. The molecule has 1 aliphatic heterocycles. The predicted molar refractivity (Wildman–Crippen MR) is 115 cm³/mol. The number of carboxylic acid groups (broad SMARTS) is 1. The van der Waals surface area contributed by atoms with Gasteiger partial charge in [-0.05, 0) is 44.9 Å². The van der Waals surface area contributed by atoms with Crippen LogP contribution < -0.4 is 10.7 Å². The number of nitrogens with zero attached hydrogens (tertiary/aromatic N) is 1. The smallest absolute Gasteiger partial charge is 0.407 e. The molecule has 0 atom stereocenters. The third-order valence-corrected chi connectivity index (χ3v) is 5.43. The van der Waals surface area contributed by atoms with Gasteiger partial charge in [-0.2, -0.15) is 0 Å². The van der Waals surface area contributed by atoms with Crippen LogP contribution in [0, 0.1) is 0 Å². The largest absolute Gasteiger partial charge is 0.477 e. The second-order valence-electron chi connectivity index (χ2n) is 7.99. The van der Waals surface area contributed by atoms with Crippen molar-refractivity contribution in [2.75, 3.05) is 25.5 Å². The molecule has 30 heavy (non-hydrogen) atoms. The Balaban J connectivity index is 1.52. The number of ether oxygens (including phenoxy) is 2. The zero-order valence-electron chi connectivity index (χ0n) is 17.3. The van der Waals surface area contributed by atoms with E-state index >= 15 is 0 Å². The molecule has 1 aromatic heterocycles. The quantitative estimate of drug-likeness (QED) is 0.486. The number of rotatable bonds is 8. The zero-order valence-corrected chi connectivity index (χ0v) is 18.1. The lowest BCUT2D eigenvalue weighted by Crippen LogP contribution is -2.34. The third-order valence-electron chi connectivity index (χ3n) is 4.49. The van der Waals surface area contributed by atoms with Crippen molar-refractivity contribution in [3.63, 3.8) is 0 Å². The molecule has 0 bridgehead atoms. The number of pyridine rings is 1. The van der Waals surface area contributed by atoms with Crippen LogP contribution in [-0.4, -0.2) is 52.8 Å². The van der Waals surface area contributed by atoms with Gasteiger partial charge in [-0.25, -0.2) is 9.59 Å². The summed E-state index contributed by atoms with van der Waals surface area (Å²) in [6, 6.07) is 3.82. The first kappa shape index (κ1) is 22.2. The number of aromatic carboxylic acids is 1. The third kappa shape index (κ3) is 5.34. The highest BCUT2D eigenvalue weighted by Gasteiger charge is 2.21. The van der Waals surface area contributed by atoms with Gasteiger partial charge in [0.15, 0.2) is 0 Å². The van der Waals surface area contributed by atoms with Gasteiger partial charge in [0.05, 0.1) is 18.7 Å². The molecule has 3 rings (SSSR count). The van der Waals surface area contributed by atoms with Crippen LogP contribution in [0.5, 0.6) is 0 Å². The fourth-order valence-electron chi connectivity index (χ4n) is 3.31. The van der Waals surface area contributed by atoms with E-state index in [-0.39, 0.29) is 5.56 Å². The number of aryl methyl sites for hydroxylation is 2. The fraction of sp³-hybridized carbons (Fsp3) is 0.476. The first-order chi connectivity index (χ1) is 14.2. The Bertz CT molecular complexity index is 1020. The first-order valence-electron chi connectivity index (χ1n) is 9.76. The lowest BCUT2D eigenvalue weighted by Gasteiger charge is -2.19. The monoisotopic (exact) mass is 434 g/mol. The maximum Gasteiger partial charge on any atom is 0.407 e. The average Bonchev–Trinajstić information content (AvgIpc) is 3.05. The highest BCUT2D eigenvalue weighted by Crippen LogP contribution is 2.30. The van der Waals surface area contributed by atoms with Crippen LogP contribution in [0.3, 0.4) is 0 Å². The van der Waals surface area contributed by atoms with Crippen molar-refractivity contribution in [3.05, 3.63) is 39.7 Å². The summed E-state index contributed by atoms with van der Waals surface area (Å²) in [4.78, 5) is 36.4. The lowest BCUT2D eigenvalue weighted by molar-refractivity contribution is 0.0503. The molecule has 1 aromatic carbocycles. The van der Waals surface area contributed by atoms with Gasteiger partial charge in [-0.3, -0.25) is 4.79 Å². The number of amides is 1. The van der Waals surface area contributed by atoms with Crippen molar-refractivity contribution in [1.29, 1.82) is 0 Å². The standard InChI is InChI=1S/C21H26N2O6S/c1-21(2,3)29-20(27)22-5-7-28-8-9-30-14-10-13-4-6-23-12-16(19(25)26)18(24)15(11-14)17(13)23/h10-12H,4-9H2,1-3H3,(H,22,27)(H,25,26). The van der Waals surface area contributed by atoms with Gasteiger partial charge in [-0.15, -0.1) is 11.8 Å². The van der Waals surface area contributed by atoms with E-state index in [2.05, 4.69) is 11.4 Å². The summed E-state index contributed by atoms with van der Waals surface area (Å²) in [7, 11) is 0. The van der Waals surface area contributed by atoms with Gasteiger partial charge in [-0.1, -0.05) is 0 Å². The van der Waals surface area contributed by atoms with Crippen molar-refractivity contribution in [3.8, 4) is 0 Å². The van der Waals surface area contributed by atoms with E-state index in [1.54, 1.807) is 38.6 Å². The maximum atomic E-state index is 12.6. The summed E-state index contributed by atoms with van der Waals surface area (Å²) in [5, 5.41) is 12.4. The zero-order chi connectivity index (χ0) is 21.9. The van der Waals surface area contributed by atoms with Crippen molar-refractivity contribution in [1.82, 2.24) is 9.88 Å². The normalized spacial score (nSPS) is 12.9. The molecule has 0 unspecified atom stereocenters. The Morgan fingerprint density at radius 3 is 2.73 bits per heavy atom. The van der Waals surface area contributed by atoms with E-state index in [9.17, 15) is 19.5 Å². The van der Waals surface area contributed by atoms with E-state index in [0.717, 1.165) is 22.4 Å². The van der Waals surface area contributed by atoms with Crippen molar-refractivity contribution < 1.29 is 24.2 Å². The molecule has 0 aliphatic carbocycles. The molecule has 162 valence electrons. The average molecular weight is 435 g/mol. The molecule has 0 saturated carbocycles. The fourth-order valence-corrected chi connectivity index (χ4v) is 4.17. The Labute approximate surface area is 178 Å². The predicted octanol–water partition coefficient (Wildman–Crippen LogP) is 2.89. The molecule has 0 saturated heterocycles. The molecule has 0 spiro atoms. The molecule has 0 fully saturated rings. The van der Waals surface area contributed by atoms with E-state index in [1.165, 1.54) is 6.20 Å². The van der Waals surface area contributed by atoms with Gasteiger partial charge in [0.1, 0.15) is 11.2 Å². The number of nitrogens with one attached hydrogen (secondary N) is 1. The van der Waals surface area contributed by atoms with Crippen LogP contribution in [-0.2, 0) is 22.4 Å². The number of carboxylic acids is 1. The van der Waals surface area contributed by atoms with Crippen LogP contribution in [0.2, 0.25) is 0 Å². The number of carbonyl (C=O) groups excluding carboxylic acids is 1. The minimum absolute atomic E-state index is 0.196. The van der Waals surface area contributed by atoms with Gasteiger partial charge in [0.25, 0.3) is 0 Å². The number of benzene rings is 1. The van der Waals surface area contributed by atoms with Gasteiger partial charge < -0.3 is 24.5 Å². The number of alkyl carbamates (subject to hydrolysis) is 1. The van der Waals surface area contributed by atoms with Crippen molar-refractivity contribution >= 4 is 34.7 Å². The number of thioether (sulfide) groups is 1. The Morgan fingerprint density at radius 2 is 2.03 bits per heavy atom. The summed E-state index contributed by atoms with van der Waals surface area (Å²) in [5.41, 5.74) is 0.725. The molecule has 9 heteroatoms. The van der Waals surface area contributed by atoms with Crippen LogP contribution >= 0.6 is 11.8 Å². The molecule has 2 heterocycles. The molecular formula is C21H26N2O6S. The van der Waals surface area contributed by atoms with Gasteiger partial charge in [0.2, 0.25) is 5.43 Å². The second kappa shape index (κ2) is 9.09. The van der Waals surface area contributed by atoms with Crippen molar-refractivity contribution in [2.24, 2.45) is 0 Å². The minimum Gasteiger partial charge on any atom is -0.477 e. The summed E-state index contributed by atoms with van der Waals surface area (Å²) >= 11 is 1.55. The Morgan fingerprint density at radius 1 is 1.27 bits per heavy atom. The van der Waals surface area contributed by atoms with E-state index in [0.29, 0.717) is 37.4 Å². The summed E-state index contributed by atoms with van der Waals surface area (Å²) in [6.07, 6.45) is 1.75. The van der Waals surface area contributed by atoms with Gasteiger partial charge in [0, 0.05) is 35.3 Å². The van der Waals surface area contributed by atoms with E-state index in [4.69, 9.17) is 9.47 Å². The molecule has 2 N–H and O–H groups in total. The lowest BCUT2D eigenvalue weighted by atomic mass is 10.1. The molecule has 2 aromatic rings. The van der Waals surface area contributed by atoms with Crippen LogP contribution in [0.15, 0.2) is 28.0 Å². The number of aromatic nitrogens is 1. The first-order valence-corrected chi connectivity index (χ1v) is 10.7. The van der Waals surface area contributed by atoms with Crippen molar-refractivity contribution in [2.45, 2.75) is 44.2 Å². The van der Waals surface area contributed by atoms with E-state index < -0.39 is 23.1 Å². The number of carbonyl (C=O) groups is 2. The SMILES string of the molecule is CC(C)(C)OC(=O)NCCOCCSc1cc2c3c(c1)c(=O)c(C(=O)O)cn3CC2. The molecule has 0 radical (unpaired) electrons. The summed E-state index contributed by atoms with van der Waals surface area (Å²) in [5.74, 6) is -0.532. The van der Waals surface area contributed by atoms with E-state index in [1.807, 2.05) is 4.57 Å². The second-order valence-corrected chi connectivity index (χ2v) is 9.16. The molecule has 1 aliphatic rings. The van der Waals surface area contributed by atoms with Crippen LogP contribution in [0.4, 0.5) is 4.79 Å². The minimum atomic E-state index is -1.20. The maximum absolute atomic E-state index is 12.6. The number of hydrogen-bond acceptors (Lipinski definition) is 6. The molecular weight excluding hydrogens is 408 g/mol. The summed E-state index contributed by atoms with van der Waals surface area (Å²) < 4.78 is 12.5.